The van der Waals surface area contributed by atoms with Crippen molar-refractivity contribution in [2.24, 2.45) is 0 Å². The predicted molar refractivity (Wildman–Crippen MR) is 142 cm³/mol. The van der Waals surface area contributed by atoms with Gasteiger partial charge in [0.15, 0.2) is 0 Å². The molecule has 0 bridgehead atoms. The van der Waals surface area contributed by atoms with E-state index in [4.69, 9.17) is 0 Å². The van der Waals surface area contributed by atoms with Crippen molar-refractivity contribution in [2.75, 3.05) is 0 Å². The van der Waals surface area contributed by atoms with Crippen LogP contribution in [0.25, 0.3) is 0 Å². The third kappa shape index (κ3) is 5.59. The van der Waals surface area contributed by atoms with E-state index < -0.39 is 0 Å². The van der Waals surface area contributed by atoms with E-state index in [0.717, 1.165) is 0 Å². The van der Waals surface area contributed by atoms with Crippen LogP contribution in [0.5, 0.6) is 0 Å². The highest BCUT2D eigenvalue weighted by Crippen LogP contribution is 2.48. The molecular formula is C30H46S. The summed E-state index contributed by atoms with van der Waals surface area (Å²) in [5.41, 5.74) is 9.14. The first kappa shape index (κ1) is 26.0. The molecule has 0 aromatic heterocycles. The zero-order valence-electron chi connectivity index (χ0n) is 22.2. The van der Waals surface area contributed by atoms with Gasteiger partial charge in [-0.2, -0.15) is 0 Å². The van der Waals surface area contributed by atoms with E-state index in [9.17, 15) is 0 Å². The predicted octanol–water partition coefficient (Wildman–Crippen LogP) is 10.6. The lowest BCUT2D eigenvalue weighted by Crippen LogP contribution is -2.08. The smallest absolute Gasteiger partial charge is 0.0194 e. The number of hydrogen-bond donors (Lipinski definition) is 0. The van der Waals surface area contributed by atoms with Crippen molar-refractivity contribution in [3.8, 4) is 0 Å². The Kier molecular flexibility index (Phi) is 8.91. The Morgan fingerprint density at radius 2 is 0.645 bits per heavy atom. The highest BCUT2D eigenvalue weighted by molar-refractivity contribution is 7.99. The number of benzene rings is 2. The van der Waals surface area contributed by atoms with E-state index in [1.165, 1.54) is 32.0 Å². The minimum Gasteiger partial charge on any atom is -0.0889 e. The summed E-state index contributed by atoms with van der Waals surface area (Å²) in [6.07, 6.45) is 0. The lowest BCUT2D eigenvalue weighted by Gasteiger charge is -2.28. The van der Waals surface area contributed by atoms with Crippen LogP contribution in [-0.4, -0.2) is 0 Å². The van der Waals surface area contributed by atoms with Gasteiger partial charge in [-0.25, -0.2) is 0 Å². The lowest BCUT2D eigenvalue weighted by atomic mass is 9.86. The number of rotatable bonds is 8. The van der Waals surface area contributed by atoms with Crippen molar-refractivity contribution in [1.29, 1.82) is 0 Å². The lowest BCUT2D eigenvalue weighted by molar-refractivity contribution is 0.740. The van der Waals surface area contributed by atoms with E-state index >= 15 is 0 Å². The minimum atomic E-state index is 0.511. The molecule has 0 nitrogen and oxygen atoms in total. The van der Waals surface area contributed by atoms with E-state index in [0.29, 0.717) is 35.5 Å². The van der Waals surface area contributed by atoms with Gasteiger partial charge in [-0.1, -0.05) is 119 Å². The first-order valence-corrected chi connectivity index (χ1v) is 13.2. The molecular weight excluding hydrogens is 392 g/mol. The number of hydrogen-bond acceptors (Lipinski definition) is 1. The first-order valence-electron chi connectivity index (χ1n) is 12.4. The standard InChI is InChI=1S/C30H46S/c1-17(2)23-13-15-25(19(5)6)29(27(23)21(9)10)31-30-26(20(7)8)16-14-24(18(3)4)28(30)22(11)12/h13-22H,1-12H3. The van der Waals surface area contributed by atoms with Crippen LogP contribution in [0, 0.1) is 0 Å². The molecule has 0 fully saturated rings. The Bertz CT molecular complexity index is 808. The fourth-order valence-electron chi connectivity index (χ4n) is 4.70. The minimum absolute atomic E-state index is 0.511. The molecule has 31 heavy (non-hydrogen) atoms. The van der Waals surface area contributed by atoms with Crippen LogP contribution < -0.4 is 0 Å². The second-order valence-corrected chi connectivity index (χ2v) is 12.0. The second kappa shape index (κ2) is 10.6. The normalized spacial score (nSPS) is 12.5. The average Bonchev–Trinajstić information content (AvgIpc) is 2.65. The molecule has 0 saturated heterocycles. The van der Waals surface area contributed by atoms with Crippen LogP contribution in [0.2, 0.25) is 0 Å². The molecule has 0 amide bonds. The molecule has 0 heterocycles. The van der Waals surface area contributed by atoms with Crippen molar-refractivity contribution in [3.63, 3.8) is 0 Å². The van der Waals surface area contributed by atoms with Gasteiger partial charge in [0.1, 0.15) is 0 Å². The first-order chi connectivity index (χ1) is 14.4. The summed E-state index contributed by atoms with van der Waals surface area (Å²) >= 11 is 2.07. The third-order valence-electron chi connectivity index (χ3n) is 6.37. The van der Waals surface area contributed by atoms with Crippen molar-refractivity contribution in [3.05, 3.63) is 57.6 Å². The van der Waals surface area contributed by atoms with Crippen molar-refractivity contribution >= 4 is 11.8 Å². The molecule has 0 atom stereocenters. The van der Waals surface area contributed by atoms with Gasteiger partial charge in [0.2, 0.25) is 0 Å². The molecule has 0 saturated carbocycles. The quantitative estimate of drug-likeness (QED) is 0.395. The van der Waals surface area contributed by atoms with Gasteiger partial charge >= 0.3 is 0 Å². The van der Waals surface area contributed by atoms with Gasteiger partial charge in [-0.3, -0.25) is 0 Å². The molecule has 0 aliphatic carbocycles. The average molecular weight is 439 g/mol. The van der Waals surface area contributed by atoms with Gasteiger partial charge < -0.3 is 0 Å². The van der Waals surface area contributed by atoms with Gasteiger partial charge in [0, 0.05) is 9.79 Å². The zero-order valence-corrected chi connectivity index (χ0v) is 23.0. The second-order valence-electron chi connectivity index (χ2n) is 11.0. The SMILES string of the molecule is CC(C)c1ccc(C(C)C)c(C(C)C)c1Sc1c(C(C)C)ccc(C(C)C)c1C(C)C. The fraction of sp³-hybridized carbons (Fsp3) is 0.600. The maximum absolute atomic E-state index is 2.41. The topological polar surface area (TPSA) is 0 Å². The molecule has 0 radical (unpaired) electrons. The highest BCUT2D eigenvalue weighted by Gasteiger charge is 2.25. The molecule has 0 spiro atoms. The van der Waals surface area contributed by atoms with Gasteiger partial charge in [0.05, 0.1) is 0 Å². The molecule has 2 rings (SSSR count). The monoisotopic (exact) mass is 438 g/mol. The Balaban J connectivity index is 2.92. The van der Waals surface area contributed by atoms with Crippen molar-refractivity contribution in [2.45, 2.75) is 128 Å². The van der Waals surface area contributed by atoms with Crippen LogP contribution in [0.15, 0.2) is 34.1 Å². The molecule has 0 aliphatic rings. The maximum Gasteiger partial charge on any atom is 0.0194 e. The van der Waals surface area contributed by atoms with Crippen LogP contribution in [0.4, 0.5) is 0 Å². The van der Waals surface area contributed by atoms with Crippen LogP contribution >= 0.6 is 11.8 Å². The summed E-state index contributed by atoms with van der Waals surface area (Å²) in [6.45, 7) is 28.2. The summed E-state index contributed by atoms with van der Waals surface area (Å²) in [6, 6.07) is 9.61. The summed E-state index contributed by atoms with van der Waals surface area (Å²) in [5.74, 6) is 3.12. The Morgan fingerprint density at radius 1 is 0.387 bits per heavy atom. The van der Waals surface area contributed by atoms with E-state index in [1.807, 2.05) is 0 Å². The van der Waals surface area contributed by atoms with Crippen LogP contribution in [0.1, 0.15) is 152 Å². The Hall–Kier alpha value is -1.21. The van der Waals surface area contributed by atoms with Gasteiger partial charge in [-0.05, 0) is 68.9 Å². The third-order valence-corrected chi connectivity index (χ3v) is 7.69. The van der Waals surface area contributed by atoms with Crippen LogP contribution in [-0.2, 0) is 0 Å². The molecule has 2 aromatic carbocycles. The molecule has 0 aliphatic heterocycles. The summed E-state index contributed by atoms with van der Waals surface area (Å²) in [4.78, 5) is 3.03. The van der Waals surface area contributed by atoms with E-state index in [2.05, 4.69) is 119 Å². The largest absolute Gasteiger partial charge is 0.0889 e. The van der Waals surface area contributed by atoms with Gasteiger partial charge in [-0.15, -0.1) is 0 Å². The van der Waals surface area contributed by atoms with Gasteiger partial charge in [0.25, 0.3) is 0 Å². The molecule has 2 aromatic rings. The Morgan fingerprint density at radius 3 is 0.871 bits per heavy atom. The molecule has 172 valence electrons. The molecule has 0 unspecified atom stereocenters. The van der Waals surface area contributed by atoms with E-state index in [-0.39, 0.29) is 0 Å². The summed E-state index contributed by atoms with van der Waals surface area (Å²) < 4.78 is 0. The summed E-state index contributed by atoms with van der Waals surface area (Å²) in [5, 5.41) is 0. The maximum atomic E-state index is 2.41. The molecule has 1 heteroatoms. The highest BCUT2D eigenvalue weighted by atomic mass is 32.2. The Labute approximate surface area is 197 Å². The van der Waals surface area contributed by atoms with E-state index in [1.54, 1.807) is 11.1 Å². The molecule has 0 N–H and O–H groups in total. The van der Waals surface area contributed by atoms with Crippen LogP contribution in [0.3, 0.4) is 0 Å². The van der Waals surface area contributed by atoms with Crippen molar-refractivity contribution < 1.29 is 0 Å². The van der Waals surface area contributed by atoms with Crippen molar-refractivity contribution in [1.82, 2.24) is 0 Å². The fourth-order valence-corrected chi connectivity index (χ4v) is 6.67. The summed E-state index contributed by atoms with van der Waals surface area (Å²) in [7, 11) is 0. The zero-order chi connectivity index (χ0) is 23.6.